The summed E-state index contributed by atoms with van der Waals surface area (Å²) >= 11 is 5.37. The first-order chi connectivity index (χ1) is 9.19. The van der Waals surface area contributed by atoms with Crippen LogP contribution in [-0.2, 0) is 13.0 Å². The average molecular weight is 280 g/mol. The molecule has 0 aromatic heterocycles. The van der Waals surface area contributed by atoms with Crippen molar-refractivity contribution in [3.63, 3.8) is 0 Å². The van der Waals surface area contributed by atoms with Gasteiger partial charge in [-0.15, -0.1) is 0 Å². The molecule has 0 atom stereocenters. The van der Waals surface area contributed by atoms with Gasteiger partial charge < -0.3 is 19.7 Å². The predicted octanol–water partition coefficient (Wildman–Crippen LogP) is 1.96. The standard InChI is InChI=1S/C14H20N2O2S/c1-4-15-14(19)16-6-5-10-7-12(17-2)13(18-3)8-11(10)9-16/h7-8H,4-6,9H2,1-3H3,(H,15,19). The Labute approximate surface area is 119 Å². The van der Waals surface area contributed by atoms with Crippen LogP contribution in [0.15, 0.2) is 12.1 Å². The highest BCUT2D eigenvalue weighted by Crippen LogP contribution is 2.33. The molecule has 19 heavy (non-hydrogen) atoms. The largest absolute Gasteiger partial charge is 0.493 e. The molecule has 4 nitrogen and oxygen atoms in total. The summed E-state index contributed by atoms with van der Waals surface area (Å²) in [4.78, 5) is 2.19. The quantitative estimate of drug-likeness (QED) is 0.856. The van der Waals surface area contributed by atoms with Gasteiger partial charge in [-0.05, 0) is 48.8 Å². The van der Waals surface area contributed by atoms with Crippen molar-refractivity contribution in [2.75, 3.05) is 27.3 Å². The van der Waals surface area contributed by atoms with Crippen molar-refractivity contribution >= 4 is 17.3 Å². The van der Waals surface area contributed by atoms with Gasteiger partial charge in [-0.3, -0.25) is 0 Å². The number of thiocarbonyl (C=S) groups is 1. The molecule has 5 heteroatoms. The fourth-order valence-electron chi connectivity index (χ4n) is 2.32. The van der Waals surface area contributed by atoms with Gasteiger partial charge in [0.2, 0.25) is 0 Å². The van der Waals surface area contributed by atoms with Crippen molar-refractivity contribution in [1.29, 1.82) is 0 Å². The first-order valence-electron chi connectivity index (χ1n) is 6.46. The predicted molar refractivity (Wildman–Crippen MR) is 79.9 cm³/mol. The lowest BCUT2D eigenvalue weighted by atomic mass is 9.99. The maximum atomic E-state index is 5.37. The molecule has 1 aromatic rings. The van der Waals surface area contributed by atoms with Gasteiger partial charge in [0.15, 0.2) is 16.6 Å². The maximum absolute atomic E-state index is 5.37. The van der Waals surface area contributed by atoms with Crippen molar-refractivity contribution in [2.45, 2.75) is 19.9 Å². The second-order valence-electron chi connectivity index (χ2n) is 4.48. The van der Waals surface area contributed by atoms with Crippen molar-refractivity contribution in [1.82, 2.24) is 10.2 Å². The first kappa shape index (κ1) is 13.9. The lowest BCUT2D eigenvalue weighted by Gasteiger charge is -2.31. The molecule has 0 fully saturated rings. The molecule has 0 spiro atoms. The minimum atomic E-state index is 0.775. The molecular weight excluding hydrogens is 260 g/mol. The highest BCUT2D eigenvalue weighted by Gasteiger charge is 2.20. The molecular formula is C14H20N2O2S. The van der Waals surface area contributed by atoms with Gasteiger partial charge in [-0.2, -0.15) is 0 Å². The summed E-state index contributed by atoms with van der Waals surface area (Å²) in [6, 6.07) is 4.12. The lowest BCUT2D eigenvalue weighted by molar-refractivity contribution is 0.347. The van der Waals surface area contributed by atoms with Crippen LogP contribution >= 0.6 is 12.2 Å². The van der Waals surface area contributed by atoms with Crippen molar-refractivity contribution in [3.8, 4) is 11.5 Å². The third kappa shape index (κ3) is 2.92. The van der Waals surface area contributed by atoms with Crippen molar-refractivity contribution < 1.29 is 9.47 Å². The molecule has 0 saturated heterocycles. The Morgan fingerprint density at radius 2 is 1.89 bits per heavy atom. The summed E-state index contributed by atoms with van der Waals surface area (Å²) in [6.45, 7) is 4.67. The fourth-order valence-corrected chi connectivity index (χ4v) is 2.62. The van der Waals surface area contributed by atoms with Gasteiger partial charge in [-0.1, -0.05) is 0 Å². The molecule has 1 heterocycles. The van der Waals surface area contributed by atoms with Crippen LogP contribution < -0.4 is 14.8 Å². The topological polar surface area (TPSA) is 33.7 Å². The summed E-state index contributed by atoms with van der Waals surface area (Å²) in [7, 11) is 3.33. The molecule has 0 bridgehead atoms. The second kappa shape index (κ2) is 6.10. The number of benzene rings is 1. The van der Waals surface area contributed by atoms with Crippen LogP contribution in [0.3, 0.4) is 0 Å². The maximum Gasteiger partial charge on any atom is 0.169 e. The smallest absolute Gasteiger partial charge is 0.169 e. The Hall–Kier alpha value is -1.49. The SMILES string of the molecule is CCNC(=S)N1CCc2cc(OC)c(OC)cc2C1. The zero-order chi connectivity index (χ0) is 13.8. The van der Waals surface area contributed by atoms with Gasteiger partial charge in [0.1, 0.15) is 0 Å². The second-order valence-corrected chi connectivity index (χ2v) is 4.87. The van der Waals surface area contributed by atoms with Gasteiger partial charge in [0, 0.05) is 19.6 Å². The highest BCUT2D eigenvalue weighted by molar-refractivity contribution is 7.80. The van der Waals surface area contributed by atoms with E-state index in [-0.39, 0.29) is 0 Å². The molecule has 0 radical (unpaired) electrons. The van der Waals surface area contributed by atoms with Crippen LogP contribution in [-0.4, -0.2) is 37.3 Å². The Morgan fingerprint density at radius 3 is 2.47 bits per heavy atom. The normalized spacial score (nSPS) is 13.7. The Kier molecular flexibility index (Phi) is 4.47. The summed E-state index contributed by atoms with van der Waals surface area (Å²) in [5.74, 6) is 1.57. The lowest BCUT2D eigenvalue weighted by Crippen LogP contribution is -2.42. The monoisotopic (exact) mass is 280 g/mol. The number of ether oxygens (including phenoxy) is 2. The Bertz CT molecular complexity index is 477. The number of hydrogen-bond donors (Lipinski definition) is 1. The highest BCUT2D eigenvalue weighted by atomic mass is 32.1. The number of nitrogens with one attached hydrogen (secondary N) is 1. The van der Waals surface area contributed by atoms with Crippen LogP contribution in [0.2, 0.25) is 0 Å². The van der Waals surface area contributed by atoms with Gasteiger partial charge in [-0.25, -0.2) is 0 Å². The third-order valence-corrected chi connectivity index (χ3v) is 3.74. The molecule has 1 aliphatic heterocycles. The number of fused-ring (bicyclic) bond motifs is 1. The molecule has 1 aromatic carbocycles. The molecule has 0 unspecified atom stereocenters. The summed E-state index contributed by atoms with van der Waals surface area (Å²) in [5, 5.41) is 4.02. The molecule has 1 N–H and O–H groups in total. The Morgan fingerprint density at radius 1 is 1.26 bits per heavy atom. The van der Waals surface area contributed by atoms with E-state index in [9.17, 15) is 0 Å². The minimum absolute atomic E-state index is 0.775. The average Bonchev–Trinajstić information content (AvgIpc) is 2.45. The zero-order valence-corrected chi connectivity index (χ0v) is 12.5. The van der Waals surface area contributed by atoms with E-state index in [4.69, 9.17) is 21.7 Å². The van der Waals surface area contributed by atoms with Gasteiger partial charge in [0.25, 0.3) is 0 Å². The van der Waals surface area contributed by atoms with Gasteiger partial charge in [0.05, 0.1) is 14.2 Å². The van der Waals surface area contributed by atoms with E-state index in [1.54, 1.807) is 14.2 Å². The van der Waals surface area contributed by atoms with E-state index < -0.39 is 0 Å². The molecule has 1 aliphatic rings. The van der Waals surface area contributed by atoms with E-state index in [1.807, 2.05) is 0 Å². The number of nitrogens with zero attached hydrogens (tertiary/aromatic N) is 1. The van der Waals surface area contributed by atoms with E-state index in [0.717, 1.165) is 42.7 Å². The first-order valence-corrected chi connectivity index (χ1v) is 6.87. The summed E-state index contributed by atoms with van der Waals surface area (Å²) in [5.41, 5.74) is 2.57. The van der Waals surface area contributed by atoms with E-state index in [2.05, 4.69) is 29.3 Å². The van der Waals surface area contributed by atoms with Crippen molar-refractivity contribution in [3.05, 3.63) is 23.3 Å². The van der Waals surface area contributed by atoms with Crippen LogP contribution in [0, 0.1) is 0 Å². The van der Waals surface area contributed by atoms with E-state index in [1.165, 1.54) is 11.1 Å². The zero-order valence-electron chi connectivity index (χ0n) is 11.7. The summed E-state index contributed by atoms with van der Waals surface area (Å²) < 4.78 is 10.7. The van der Waals surface area contributed by atoms with E-state index >= 15 is 0 Å². The van der Waals surface area contributed by atoms with Crippen LogP contribution in [0.4, 0.5) is 0 Å². The van der Waals surface area contributed by atoms with Crippen LogP contribution in [0.25, 0.3) is 0 Å². The van der Waals surface area contributed by atoms with Crippen LogP contribution in [0.5, 0.6) is 11.5 Å². The van der Waals surface area contributed by atoms with Crippen molar-refractivity contribution in [2.24, 2.45) is 0 Å². The van der Waals surface area contributed by atoms with Gasteiger partial charge >= 0.3 is 0 Å². The number of hydrogen-bond acceptors (Lipinski definition) is 3. The molecule has 104 valence electrons. The molecule has 0 amide bonds. The molecule has 2 rings (SSSR count). The minimum Gasteiger partial charge on any atom is -0.493 e. The number of rotatable bonds is 3. The Balaban J connectivity index is 2.22. The van der Waals surface area contributed by atoms with Crippen LogP contribution in [0.1, 0.15) is 18.1 Å². The summed E-state index contributed by atoms with van der Waals surface area (Å²) in [6.07, 6.45) is 0.973. The number of methoxy groups -OCH3 is 2. The molecule has 0 saturated carbocycles. The molecule has 0 aliphatic carbocycles. The fraction of sp³-hybridized carbons (Fsp3) is 0.500. The third-order valence-electron chi connectivity index (χ3n) is 3.33. The van der Waals surface area contributed by atoms with E-state index in [0.29, 0.717) is 0 Å².